The standard InChI is InChI=1S/C25H26FN3O3/c1-2-3-4-7-17-10-12-18(13-11-17)24-21-14-28(15-23(31)29(21)22(24)16-30)25(32)27-20-9-6-5-8-19(20)26/h5-6,8-13,21-22,24,30H,2-3,14-16H2,1H3,(H,27,32)/t21-,22+,24+/m1/s1. The van der Waals surface area contributed by atoms with E-state index in [1.54, 1.807) is 17.0 Å². The number of fused-ring (bicyclic) bond motifs is 1. The third kappa shape index (κ3) is 4.19. The molecule has 0 radical (unpaired) electrons. The monoisotopic (exact) mass is 435 g/mol. The molecule has 3 atom stereocenters. The SMILES string of the molecule is CCCC#Cc1ccc([C@H]2[C@H]3CN(C(=O)Nc4ccccc4F)CC(=O)N3[C@H]2CO)cc1. The fourth-order valence-electron chi connectivity index (χ4n) is 4.49. The Morgan fingerprint density at radius 2 is 1.97 bits per heavy atom. The summed E-state index contributed by atoms with van der Waals surface area (Å²) >= 11 is 0. The molecule has 32 heavy (non-hydrogen) atoms. The predicted octanol–water partition coefficient (Wildman–Crippen LogP) is 3.18. The normalized spacial score (nSPS) is 21.8. The van der Waals surface area contributed by atoms with Crippen LogP contribution < -0.4 is 5.32 Å². The highest BCUT2D eigenvalue weighted by Gasteiger charge is 2.54. The number of piperazine rings is 1. The van der Waals surface area contributed by atoms with Crippen LogP contribution in [-0.4, -0.2) is 58.6 Å². The molecule has 7 heteroatoms. The van der Waals surface area contributed by atoms with Crippen LogP contribution in [-0.2, 0) is 4.79 Å². The lowest BCUT2D eigenvalue weighted by atomic mass is 9.73. The summed E-state index contributed by atoms with van der Waals surface area (Å²) in [5, 5.41) is 12.5. The zero-order chi connectivity index (χ0) is 22.7. The van der Waals surface area contributed by atoms with E-state index >= 15 is 0 Å². The third-order valence-corrected chi connectivity index (χ3v) is 6.06. The van der Waals surface area contributed by atoms with Crippen molar-refractivity contribution < 1.29 is 19.1 Å². The molecule has 2 saturated heterocycles. The number of benzene rings is 2. The fraction of sp³-hybridized carbons (Fsp3) is 0.360. The van der Waals surface area contributed by atoms with Crippen LogP contribution in [0.3, 0.4) is 0 Å². The topological polar surface area (TPSA) is 72.9 Å². The highest BCUT2D eigenvalue weighted by atomic mass is 19.1. The Morgan fingerprint density at radius 1 is 1.22 bits per heavy atom. The molecule has 166 valence electrons. The molecule has 0 aromatic heterocycles. The van der Waals surface area contributed by atoms with Gasteiger partial charge in [0.2, 0.25) is 5.91 Å². The van der Waals surface area contributed by atoms with E-state index in [-0.39, 0.29) is 42.7 Å². The summed E-state index contributed by atoms with van der Waals surface area (Å²) in [6.07, 6.45) is 1.86. The minimum Gasteiger partial charge on any atom is -0.394 e. The van der Waals surface area contributed by atoms with Gasteiger partial charge in [-0.05, 0) is 36.2 Å². The summed E-state index contributed by atoms with van der Waals surface area (Å²) in [6, 6.07) is 12.7. The van der Waals surface area contributed by atoms with E-state index in [2.05, 4.69) is 24.1 Å². The summed E-state index contributed by atoms with van der Waals surface area (Å²) in [5.41, 5.74) is 1.99. The second-order valence-corrected chi connectivity index (χ2v) is 8.11. The molecule has 2 aliphatic heterocycles. The molecule has 0 bridgehead atoms. The van der Waals surface area contributed by atoms with Crippen molar-refractivity contribution in [2.24, 2.45) is 0 Å². The lowest BCUT2D eigenvalue weighted by Gasteiger charge is -2.58. The zero-order valence-corrected chi connectivity index (χ0v) is 17.9. The molecule has 0 unspecified atom stereocenters. The van der Waals surface area contributed by atoms with Crippen molar-refractivity contribution in [3.05, 3.63) is 65.5 Å². The van der Waals surface area contributed by atoms with E-state index in [1.807, 2.05) is 24.3 Å². The zero-order valence-electron chi connectivity index (χ0n) is 17.9. The van der Waals surface area contributed by atoms with E-state index in [1.165, 1.54) is 17.0 Å². The molecule has 0 spiro atoms. The van der Waals surface area contributed by atoms with Crippen molar-refractivity contribution in [3.8, 4) is 11.8 Å². The first-order valence-corrected chi connectivity index (χ1v) is 10.8. The second kappa shape index (κ2) is 9.41. The van der Waals surface area contributed by atoms with Crippen molar-refractivity contribution in [2.75, 3.05) is 25.0 Å². The summed E-state index contributed by atoms with van der Waals surface area (Å²) in [5.74, 6) is 5.41. The Morgan fingerprint density at radius 3 is 2.66 bits per heavy atom. The van der Waals surface area contributed by atoms with Crippen LogP contribution in [0.5, 0.6) is 0 Å². The molecule has 3 amide bonds. The van der Waals surface area contributed by atoms with Crippen LogP contribution >= 0.6 is 0 Å². The maximum Gasteiger partial charge on any atom is 0.322 e. The first kappa shape index (κ1) is 21.8. The van der Waals surface area contributed by atoms with Gasteiger partial charge in [-0.15, -0.1) is 0 Å². The van der Waals surface area contributed by atoms with Gasteiger partial charge in [0.1, 0.15) is 12.4 Å². The van der Waals surface area contributed by atoms with E-state index in [9.17, 15) is 19.1 Å². The average Bonchev–Trinajstić information content (AvgIpc) is 2.78. The molecule has 6 nitrogen and oxygen atoms in total. The summed E-state index contributed by atoms with van der Waals surface area (Å²) in [6.45, 7) is 2.14. The van der Waals surface area contributed by atoms with Gasteiger partial charge in [0, 0.05) is 24.4 Å². The van der Waals surface area contributed by atoms with Crippen molar-refractivity contribution in [2.45, 2.75) is 37.8 Å². The van der Waals surface area contributed by atoms with Gasteiger partial charge < -0.3 is 20.2 Å². The smallest absolute Gasteiger partial charge is 0.322 e. The Balaban J connectivity index is 1.50. The Kier molecular flexibility index (Phi) is 6.42. The van der Waals surface area contributed by atoms with Gasteiger partial charge in [0.05, 0.1) is 24.4 Å². The number of amides is 3. The first-order valence-electron chi connectivity index (χ1n) is 10.8. The van der Waals surface area contributed by atoms with E-state index in [0.29, 0.717) is 6.54 Å². The fourth-order valence-corrected chi connectivity index (χ4v) is 4.49. The first-order chi connectivity index (χ1) is 15.5. The molecule has 2 aliphatic rings. The molecule has 0 aliphatic carbocycles. The highest BCUT2D eigenvalue weighted by Crippen LogP contribution is 2.43. The molecular weight excluding hydrogens is 409 g/mol. The lowest BCUT2D eigenvalue weighted by Crippen LogP contribution is -2.73. The molecule has 2 heterocycles. The molecule has 2 fully saturated rings. The van der Waals surface area contributed by atoms with Gasteiger partial charge in [-0.25, -0.2) is 9.18 Å². The maximum atomic E-state index is 13.9. The number of urea groups is 1. The van der Waals surface area contributed by atoms with Gasteiger partial charge in [-0.1, -0.05) is 43.0 Å². The number of nitrogens with one attached hydrogen (secondary N) is 1. The summed E-state index contributed by atoms with van der Waals surface area (Å²) in [4.78, 5) is 28.5. The van der Waals surface area contributed by atoms with Crippen LogP contribution in [0.2, 0.25) is 0 Å². The number of unbranched alkanes of at least 4 members (excludes halogenated alkanes) is 1. The average molecular weight is 435 g/mol. The second-order valence-electron chi connectivity index (χ2n) is 8.11. The number of aliphatic hydroxyl groups is 1. The minimum atomic E-state index is -0.533. The molecule has 2 aromatic carbocycles. The number of carbonyl (C=O) groups excluding carboxylic acids is 2. The Bertz CT molecular complexity index is 1060. The van der Waals surface area contributed by atoms with Crippen LogP contribution in [0.4, 0.5) is 14.9 Å². The number of carbonyl (C=O) groups is 2. The number of hydrogen-bond donors (Lipinski definition) is 2. The molecule has 4 rings (SSSR count). The number of aliphatic hydroxyl groups excluding tert-OH is 1. The number of rotatable bonds is 4. The Hall–Kier alpha value is -3.37. The van der Waals surface area contributed by atoms with Crippen LogP contribution in [0.1, 0.15) is 36.8 Å². The maximum absolute atomic E-state index is 13.9. The number of nitrogens with zero attached hydrogens (tertiary/aromatic N) is 2. The largest absolute Gasteiger partial charge is 0.394 e. The van der Waals surface area contributed by atoms with E-state index < -0.39 is 11.8 Å². The van der Waals surface area contributed by atoms with Gasteiger partial charge in [-0.2, -0.15) is 0 Å². The summed E-state index contributed by atoms with van der Waals surface area (Å²) in [7, 11) is 0. The lowest BCUT2D eigenvalue weighted by molar-refractivity contribution is -0.159. The molecule has 2 aromatic rings. The van der Waals surface area contributed by atoms with Crippen LogP contribution in [0.15, 0.2) is 48.5 Å². The molecular formula is C25H26FN3O3. The van der Waals surface area contributed by atoms with Gasteiger partial charge in [0.15, 0.2) is 0 Å². The number of halogens is 1. The number of hydrogen-bond acceptors (Lipinski definition) is 3. The quantitative estimate of drug-likeness (QED) is 0.725. The third-order valence-electron chi connectivity index (χ3n) is 6.06. The van der Waals surface area contributed by atoms with Crippen LogP contribution in [0.25, 0.3) is 0 Å². The van der Waals surface area contributed by atoms with E-state index in [0.717, 1.165) is 24.0 Å². The number of anilines is 1. The molecule has 2 N–H and O–H groups in total. The minimum absolute atomic E-state index is 0.0746. The highest BCUT2D eigenvalue weighted by molar-refractivity contribution is 5.93. The summed E-state index contributed by atoms with van der Waals surface area (Å²) < 4.78 is 13.9. The Labute approximate surface area is 187 Å². The van der Waals surface area contributed by atoms with Crippen LogP contribution in [0, 0.1) is 17.7 Å². The predicted molar refractivity (Wildman–Crippen MR) is 119 cm³/mol. The van der Waals surface area contributed by atoms with Crippen molar-refractivity contribution >= 4 is 17.6 Å². The van der Waals surface area contributed by atoms with Crippen molar-refractivity contribution in [3.63, 3.8) is 0 Å². The molecule has 0 saturated carbocycles. The van der Waals surface area contributed by atoms with Crippen molar-refractivity contribution in [1.29, 1.82) is 0 Å². The van der Waals surface area contributed by atoms with Crippen molar-refractivity contribution in [1.82, 2.24) is 9.80 Å². The van der Waals surface area contributed by atoms with Gasteiger partial charge in [0.25, 0.3) is 0 Å². The van der Waals surface area contributed by atoms with Gasteiger partial charge >= 0.3 is 6.03 Å². The number of para-hydroxylation sites is 1. The van der Waals surface area contributed by atoms with Gasteiger partial charge in [-0.3, -0.25) is 4.79 Å². The van der Waals surface area contributed by atoms with E-state index in [4.69, 9.17) is 0 Å².